The molecule has 1 N–H and O–H groups in total. The second-order valence-electron chi connectivity index (χ2n) is 6.89. The Labute approximate surface area is 193 Å². The van der Waals surface area contributed by atoms with Crippen LogP contribution in [0.4, 0.5) is 11.4 Å². The summed E-state index contributed by atoms with van der Waals surface area (Å²) in [5.74, 6) is -0.932. The monoisotopic (exact) mass is 535 g/mol. The normalized spacial score (nSPS) is 10.5. The van der Waals surface area contributed by atoms with Crippen LogP contribution in [0.1, 0.15) is 56.4 Å². The van der Waals surface area contributed by atoms with Crippen molar-refractivity contribution >= 4 is 38.7 Å². The third-order valence-electron chi connectivity index (χ3n) is 4.40. The smallest absolute Gasteiger partial charge is 0.271 e. The number of nitro groups is 1. The molecule has 166 valence electrons. The van der Waals surface area contributed by atoms with Crippen molar-refractivity contribution in [1.29, 1.82) is 0 Å². The molecule has 1 aromatic carbocycles. The van der Waals surface area contributed by atoms with Crippen molar-refractivity contribution in [3.8, 4) is 11.5 Å². The average molecular weight is 534 g/mol. The van der Waals surface area contributed by atoms with Crippen molar-refractivity contribution < 1.29 is 20.2 Å². The number of hydrogen-bond acceptors (Lipinski definition) is 7. The maximum atomic E-state index is 12.0. The number of non-ortho nitro benzene ring substituents is 1. The number of rotatable bonds is 10. The van der Waals surface area contributed by atoms with Crippen LogP contribution in [-0.2, 0) is 6.61 Å². The van der Waals surface area contributed by atoms with Crippen molar-refractivity contribution in [2.75, 3.05) is 0 Å². The maximum Gasteiger partial charge on any atom is 0.271 e. The molecule has 8 nitrogen and oxygen atoms in total. The fraction of sp³-hybridized carbons (Fsp3) is 0.455. The fourth-order valence-electron chi connectivity index (χ4n) is 2.49. The van der Waals surface area contributed by atoms with E-state index in [1.54, 1.807) is 8.87 Å². The van der Waals surface area contributed by atoms with Crippen molar-refractivity contribution in [2.24, 2.45) is 4.99 Å². The van der Waals surface area contributed by atoms with Gasteiger partial charge in [0, 0.05) is 35.8 Å². The van der Waals surface area contributed by atoms with Gasteiger partial charge in [0.1, 0.15) is 0 Å². The summed E-state index contributed by atoms with van der Waals surface area (Å²) in [6.07, 6.45) is 8.29. The Balaban J connectivity index is 0.000000452. The van der Waals surface area contributed by atoms with Crippen LogP contribution in [0, 0.1) is 17.0 Å². The molecule has 0 amide bonds. The molecular weight excluding hydrogens is 505 g/mol. The predicted molar refractivity (Wildman–Crippen MR) is 119 cm³/mol. The summed E-state index contributed by atoms with van der Waals surface area (Å²) >= 11 is 0.149. The predicted octanol–water partition coefficient (Wildman–Crippen LogP) is 3.82. The number of pyridine rings is 1. The van der Waals surface area contributed by atoms with E-state index in [0.29, 0.717) is 0 Å². The first-order chi connectivity index (χ1) is 14.8. The maximum absolute atomic E-state index is 12.0. The second kappa shape index (κ2) is 14.7. The zero-order valence-corrected chi connectivity index (χ0v) is 21.1. The molecule has 0 unspecified atom stereocenters. The van der Waals surface area contributed by atoms with E-state index >= 15 is 0 Å². The van der Waals surface area contributed by atoms with E-state index in [9.17, 15) is 25.4 Å². The van der Waals surface area contributed by atoms with Crippen LogP contribution in [0.15, 0.2) is 29.4 Å². The molecule has 0 aliphatic rings. The van der Waals surface area contributed by atoms with Gasteiger partial charge in [0.05, 0.1) is 17.2 Å². The first-order valence-electron chi connectivity index (χ1n) is 10.3. The Morgan fingerprint density at radius 2 is 1.84 bits per heavy atom. The third-order valence-corrected chi connectivity index (χ3v) is 8.44. The molecule has 0 bridgehead atoms. The number of benzene rings is 1. The van der Waals surface area contributed by atoms with Crippen LogP contribution < -0.4 is 10.2 Å². The van der Waals surface area contributed by atoms with Crippen LogP contribution in [0.3, 0.4) is 0 Å². The number of aliphatic hydroxyl groups is 1. The largest absolute Gasteiger partial charge is 0.871 e. The van der Waals surface area contributed by atoms with Crippen molar-refractivity contribution in [3.63, 3.8) is 0 Å². The SMILES string of the molecule is CCC[CH2][Sn+2][CH2]CCC.Cc1ncc(CO)c(C=Nc2cc([N+](=O)[O-])ccc2[O-])c1[O-]. The molecule has 1 heterocycles. The van der Waals surface area contributed by atoms with E-state index in [1.165, 1.54) is 38.8 Å². The van der Waals surface area contributed by atoms with Crippen LogP contribution in [0.5, 0.6) is 11.5 Å². The van der Waals surface area contributed by atoms with E-state index in [4.69, 9.17) is 0 Å². The number of unbranched alkanes of at least 4 members (excludes halogenated alkanes) is 2. The summed E-state index contributed by atoms with van der Waals surface area (Å²) in [6.45, 7) is 5.68. The van der Waals surface area contributed by atoms with Gasteiger partial charge in [-0.3, -0.25) is 20.1 Å². The van der Waals surface area contributed by atoms with Gasteiger partial charge in [0.2, 0.25) is 0 Å². The zero-order valence-electron chi connectivity index (χ0n) is 18.3. The fourth-order valence-corrected chi connectivity index (χ4v) is 6.65. The van der Waals surface area contributed by atoms with Crippen LogP contribution in [-0.4, -0.2) is 42.4 Å². The molecule has 0 saturated heterocycles. The molecule has 31 heavy (non-hydrogen) atoms. The zero-order chi connectivity index (χ0) is 23.2. The number of aliphatic hydroxyl groups excluding tert-OH is 1. The van der Waals surface area contributed by atoms with Crippen molar-refractivity contribution in [1.82, 2.24) is 4.98 Å². The minimum absolute atomic E-state index is 0.0981. The molecule has 0 atom stereocenters. The minimum atomic E-state index is -0.646. The molecular formula is C22H29N3O5Sn. The summed E-state index contributed by atoms with van der Waals surface area (Å²) in [4.78, 5) is 17.7. The van der Waals surface area contributed by atoms with Gasteiger partial charge < -0.3 is 15.3 Å². The Bertz CT molecular complexity index is 868. The minimum Gasteiger partial charge on any atom is -0.871 e. The number of aryl methyl sites for hydroxylation is 1. The Morgan fingerprint density at radius 3 is 2.39 bits per heavy atom. The number of nitrogens with zero attached hydrogens (tertiary/aromatic N) is 3. The van der Waals surface area contributed by atoms with E-state index < -0.39 is 23.0 Å². The number of aromatic nitrogens is 1. The van der Waals surface area contributed by atoms with Crippen molar-refractivity contribution in [2.45, 2.75) is 61.9 Å². The van der Waals surface area contributed by atoms with Gasteiger partial charge in [-0.1, -0.05) is 17.6 Å². The summed E-state index contributed by atoms with van der Waals surface area (Å²) < 4.78 is 3.25. The summed E-state index contributed by atoms with van der Waals surface area (Å²) in [5.41, 5.74) is 0.146. The molecule has 2 rings (SSSR count). The summed E-state index contributed by atoms with van der Waals surface area (Å²) in [6, 6.07) is 3.14. The molecule has 2 aromatic rings. The molecule has 9 heteroatoms. The molecule has 0 fully saturated rings. The molecule has 0 radical (unpaired) electrons. The van der Waals surface area contributed by atoms with E-state index in [0.717, 1.165) is 24.4 Å². The van der Waals surface area contributed by atoms with Crippen LogP contribution in [0.25, 0.3) is 0 Å². The van der Waals surface area contributed by atoms with Gasteiger partial charge in [-0.2, -0.15) is 0 Å². The molecule has 0 saturated carbocycles. The summed E-state index contributed by atoms with van der Waals surface area (Å²) in [5, 5.41) is 43.5. The van der Waals surface area contributed by atoms with E-state index in [1.807, 2.05) is 0 Å². The van der Waals surface area contributed by atoms with E-state index in [-0.39, 0.29) is 49.3 Å². The number of aliphatic imine (C=N–C) groups is 1. The van der Waals surface area contributed by atoms with Crippen LogP contribution in [0.2, 0.25) is 8.87 Å². The Hall–Kier alpha value is -2.20. The number of nitro benzene ring substituents is 1. The molecule has 0 spiro atoms. The topological polar surface area (TPSA) is 135 Å². The van der Waals surface area contributed by atoms with E-state index in [2.05, 4.69) is 23.8 Å². The third kappa shape index (κ3) is 9.22. The molecule has 0 aliphatic carbocycles. The average Bonchev–Trinajstić information content (AvgIpc) is 2.76. The van der Waals surface area contributed by atoms with Gasteiger partial charge in [0.15, 0.2) is 0 Å². The number of hydrogen-bond donors (Lipinski definition) is 1. The first-order valence-corrected chi connectivity index (χ1v) is 14.4. The van der Waals surface area contributed by atoms with Gasteiger partial charge in [-0.25, -0.2) is 0 Å². The standard InChI is InChI=1S/C14H13N3O5.2C4H9.Sn/c1-8-14(20)11(9(7-18)5-15-8)6-16-12-4-10(17(21)22)2-3-13(12)19;2*1-3-4-2;/h2-6,18-20H,7H2,1H3;2*1,3-4H2,2H3;/q;;;+2/p-2. The van der Waals surface area contributed by atoms with Gasteiger partial charge in [-0.05, 0) is 12.5 Å². The Kier molecular flexibility index (Phi) is 12.8. The second-order valence-corrected chi connectivity index (χ2v) is 11.2. The summed E-state index contributed by atoms with van der Waals surface area (Å²) in [7, 11) is 0. The molecule has 0 aliphatic heterocycles. The molecule has 1 aromatic heterocycles. The van der Waals surface area contributed by atoms with Gasteiger partial charge in [-0.15, -0.1) is 0 Å². The van der Waals surface area contributed by atoms with Gasteiger partial charge >= 0.3 is 69.5 Å². The van der Waals surface area contributed by atoms with Gasteiger partial charge in [0.25, 0.3) is 5.69 Å². The first kappa shape index (κ1) is 26.8. The van der Waals surface area contributed by atoms with Crippen molar-refractivity contribution in [3.05, 3.63) is 51.3 Å². The quantitative estimate of drug-likeness (QED) is 0.162. The Morgan fingerprint density at radius 1 is 1.19 bits per heavy atom. The van der Waals surface area contributed by atoms with Crippen LogP contribution >= 0.6 is 0 Å².